The van der Waals surface area contributed by atoms with Crippen molar-refractivity contribution in [3.63, 3.8) is 0 Å². The summed E-state index contributed by atoms with van der Waals surface area (Å²) < 4.78 is 32.0. The number of fused-ring (bicyclic) bond motifs is 1. The molecule has 0 radical (unpaired) electrons. The quantitative estimate of drug-likeness (QED) is 0.613. The van der Waals surface area contributed by atoms with Crippen LogP contribution in [0.3, 0.4) is 0 Å². The molecule has 1 N–H and O–H groups in total. The van der Waals surface area contributed by atoms with E-state index in [0.717, 1.165) is 16.5 Å². The third kappa shape index (κ3) is 4.79. The highest BCUT2D eigenvalue weighted by Crippen LogP contribution is 2.25. The van der Waals surface area contributed by atoms with Gasteiger partial charge in [-0.25, -0.2) is 8.42 Å². The number of hydrogen-bond acceptors (Lipinski definition) is 4. The monoisotopic (exact) mass is 414 g/mol. The molecule has 0 atom stereocenters. The summed E-state index contributed by atoms with van der Waals surface area (Å²) in [5.41, 5.74) is 2.03. The van der Waals surface area contributed by atoms with Gasteiger partial charge >= 0.3 is 0 Å². The van der Waals surface area contributed by atoms with Gasteiger partial charge in [0.25, 0.3) is 0 Å². The van der Waals surface area contributed by atoms with Crippen LogP contribution in [0.2, 0.25) is 0 Å². The van der Waals surface area contributed by atoms with E-state index in [1.54, 1.807) is 12.1 Å². The van der Waals surface area contributed by atoms with Gasteiger partial charge in [-0.1, -0.05) is 18.2 Å². The van der Waals surface area contributed by atoms with Crippen LogP contribution in [0.25, 0.3) is 10.9 Å². The number of nitrogens with one attached hydrogen (secondary N) is 1. The van der Waals surface area contributed by atoms with Crippen molar-refractivity contribution < 1.29 is 17.9 Å². The molecule has 0 spiro atoms. The smallest absolute Gasteiger partial charge is 0.224 e. The minimum atomic E-state index is -3.47. The van der Waals surface area contributed by atoms with Crippen molar-refractivity contribution in [2.75, 3.05) is 19.4 Å². The molecule has 1 amide bonds. The molecule has 0 saturated heterocycles. The highest BCUT2D eigenvalue weighted by atomic mass is 32.2. The van der Waals surface area contributed by atoms with Crippen LogP contribution in [0, 0.1) is 0 Å². The van der Waals surface area contributed by atoms with Gasteiger partial charge in [-0.15, -0.1) is 0 Å². The van der Waals surface area contributed by atoms with E-state index >= 15 is 0 Å². The van der Waals surface area contributed by atoms with E-state index < -0.39 is 9.84 Å². The molecule has 7 heteroatoms. The Kier molecular flexibility index (Phi) is 6.27. The molecule has 0 unspecified atom stereocenters. The second-order valence-electron chi connectivity index (χ2n) is 7.19. The number of hydrogen-bond donors (Lipinski definition) is 1. The van der Waals surface area contributed by atoms with Crippen LogP contribution >= 0.6 is 0 Å². The summed E-state index contributed by atoms with van der Waals surface area (Å²) in [5, 5.41) is 3.77. The summed E-state index contributed by atoms with van der Waals surface area (Å²) in [7, 11) is -1.94. The summed E-state index contributed by atoms with van der Waals surface area (Å²) in [4.78, 5) is 12.6. The lowest BCUT2D eigenvalue weighted by atomic mass is 10.1. The predicted octanol–water partition coefficient (Wildman–Crippen LogP) is 3.36. The zero-order chi connectivity index (χ0) is 21.0. The van der Waals surface area contributed by atoms with Crippen molar-refractivity contribution >= 4 is 26.6 Å². The number of amides is 1. The fourth-order valence-corrected chi connectivity index (χ4v) is 4.46. The van der Waals surface area contributed by atoms with Crippen LogP contribution in [0.15, 0.2) is 59.6 Å². The van der Waals surface area contributed by atoms with Crippen LogP contribution in [0.4, 0.5) is 0 Å². The standard InChI is InChI=1S/C22H26N2O4S/c1-16(2)24-15-17(20-6-4-5-7-21(20)24)14-22(25)23-12-13-29(26,27)19-10-8-18(28-3)9-11-19/h4-11,15-16H,12-14H2,1-3H3,(H,23,25). The average Bonchev–Trinajstić information content (AvgIpc) is 3.07. The minimum Gasteiger partial charge on any atom is -0.497 e. The van der Waals surface area contributed by atoms with Crippen LogP contribution < -0.4 is 10.1 Å². The van der Waals surface area contributed by atoms with Crippen molar-refractivity contribution in [1.82, 2.24) is 9.88 Å². The van der Waals surface area contributed by atoms with E-state index in [4.69, 9.17) is 4.74 Å². The van der Waals surface area contributed by atoms with Crippen LogP contribution in [-0.2, 0) is 21.1 Å². The van der Waals surface area contributed by atoms with Gasteiger partial charge in [0.05, 0.1) is 24.2 Å². The number of nitrogens with zero attached hydrogens (tertiary/aromatic N) is 1. The lowest BCUT2D eigenvalue weighted by molar-refractivity contribution is -0.120. The first kappa shape index (κ1) is 20.9. The summed E-state index contributed by atoms with van der Waals surface area (Å²) >= 11 is 0. The third-order valence-corrected chi connectivity index (χ3v) is 6.57. The van der Waals surface area contributed by atoms with E-state index in [0.29, 0.717) is 5.75 Å². The second-order valence-corrected chi connectivity index (χ2v) is 9.30. The third-order valence-electron chi connectivity index (χ3n) is 4.84. The van der Waals surface area contributed by atoms with Crippen molar-refractivity contribution in [3.8, 4) is 5.75 Å². The van der Waals surface area contributed by atoms with Gasteiger partial charge in [-0.05, 0) is 49.7 Å². The number of methoxy groups -OCH3 is 1. The Balaban J connectivity index is 1.62. The number of carbonyl (C=O) groups is 1. The Morgan fingerprint density at radius 1 is 1.10 bits per heavy atom. The normalized spacial score (nSPS) is 11.7. The van der Waals surface area contributed by atoms with Gasteiger partial charge < -0.3 is 14.6 Å². The number of benzene rings is 2. The van der Waals surface area contributed by atoms with E-state index in [1.807, 2.05) is 30.5 Å². The highest BCUT2D eigenvalue weighted by molar-refractivity contribution is 7.91. The molecular weight excluding hydrogens is 388 g/mol. The minimum absolute atomic E-state index is 0.0655. The van der Waals surface area contributed by atoms with Gasteiger partial charge in [-0.3, -0.25) is 4.79 Å². The zero-order valence-corrected chi connectivity index (χ0v) is 17.7. The van der Waals surface area contributed by atoms with Gasteiger partial charge in [0, 0.05) is 29.7 Å². The molecule has 3 aromatic rings. The van der Waals surface area contributed by atoms with Crippen LogP contribution in [-0.4, -0.2) is 38.3 Å². The van der Waals surface area contributed by atoms with E-state index in [1.165, 1.54) is 19.2 Å². The molecule has 0 aliphatic heterocycles. The van der Waals surface area contributed by atoms with Gasteiger partial charge in [0.1, 0.15) is 5.75 Å². The van der Waals surface area contributed by atoms with Gasteiger partial charge in [-0.2, -0.15) is 0 Å². The molecule has 29 heavy (non-hydrogen) atoms. The maximum absolute atomic E-state index is 12.4. The number of rotatable bonds is 8. The molecule has 0 aliphatic rings. The summed E-state index contributed by atoms with van der Waals surface area (Å²) in [5.74, 6) is 0.248. The Bertz CT molecular complexity index is 1100. The number of carbonyl (C=O) groups excluding carboxylic acids is 1. The van der Waals surface area contributed by atoms with Gasteiger partial charge in [0.15, 0.2) is 9.84 Å². The summed E-state index contributed by atoms with van der Waals surface area (Å²) in [6, 6.07) is 14.5. The molecule has 0 saturated carbocycles. The van der Waals surface area contributed by atoms with E-state index in [-0.39, 0.29) is 35.6 Å². The molecule has 2 aromatic carbocycles. The molecule has 3 rings (SSSR count). The Morgan fingerprint density at radius 3 is 2.45 bits per heavy atom. The SMILES string of the molecule is COc1ccc(S(=O)(=O)CCNC(=O)Cc2cn(C(C)C)c3ccccc23)cc1. The molecule has 0 bridgehead atoms. The maximum atomic E-state index is 12.4. The Hall–Kier alpha value is -2.80. The molecule has 1 aromatic heterocycles. The number of aromatic nitrogens is 1. The average molecular weight is 415 g/mol. The van der Waals surface area contributed by atoms with Crippen molar-refractivity contribution in [2.24, 2.45) is 0 Å². The molecule has 6 nitrogen and oxygen atoms in total. The first-order chi connectivity index (χ1) is 13.8. The molecular formula is C22H26N2O4S. The van der Waals surface area contributed by atoms with Crippen LogP contribution in [0.1, 0.15) is 25.5 Å². The summed E-state index contributed by atoms with van der Waals surface area (Å²) in [6.07, 6.45) is 2.21. The first-order valence-corrected chi connectivity index (χ1v) is 11.2. The molecule has 0 fully saturated rings. The lowest BCUT2D eigenvalue weighted by Crippen LogP contribution is -2.30. The largest absolute Gasteiger partial charge is 0.497 e. The highest BCUT2D eigenvalue weighted by Gasteiger charge is 2.16. The van der Waals surface area contributed by atoms with Crippen LogP contribution in [0.5, 0.6) is 5.75 Å². The molecule has 154 valence electrons. The van der Waals surface area contributed by atoms with Crippen molar-refractivity contribution in [3.05, 3.63) is 60.3 Å². The van der Waals surface area contributed by atoms with E-state index in [2.05, 4.69) is 23.7 Å². The lowest BCUT2D eigenvalue weighted by Gasteiger charge is -2.08. The van der Waals surface area contributed by atoms with Crippen molar-refractivity contribution in [2.45, 2.75) is 31.2 Å². The number of para-hydroxylation sites is 1. The fraction of sp³-hybridized carbons (Fsp3) is 0.318. The Labute approximate surface area is 171 Å². The number of ether oxygens (including phenoxy) is 1. The van der Waals surface area contributed by atoms with E-state index in [9.17, 15) is 13.2 Å². The van der Waals surface area contributed by atoms with Gasteiger partial charge in [0.2, 0.25) is 5.91 Å². The topological polar surface area (TPSA) is 77.4 Å². The second kappa shape index (κ2) is 8.69. The summed E-state index contributed by atoms with van der Waals surface area (Å²) in [6.45, 7) is 4.26. The Morgan fingerprint density at radius 2 is 1.79 bits per heavy atom. The number of sulfone groups is 1. The van der Waals surface area contributed by atoms with Crippen molar-refractivity contribution in [1.29, 1.82) is 0 Å². The zero-order valence-electron chi connectivity index (χ0n) is 16.9. The fourth-order valence-electron chi connectivity index (χ4n) is 3.31. The molecule has 0 aliphatic carbocycles. The molecule has 1 heterocycles. The predicted molar refractivity (Wildman–Crippen MR) is 114 cm³/mol. The first-order valence-electron chi connectivity index (χ1n) is 9.54. The maximum Gasteiger partial charge on any atom is 0.224 e.